The molecular formula is C12H24N2O. The minimum atomic E-state index is -0.109. The second-order valence-electron chi connectivity index (χ2n) is 5.00. The summed E-state index contributed by atoms with van der Waals surface area (Å²) in [4.78, 5) is 0. The highest BCUT2D eigenvalue weighted by Gasteiger charge is 2.24. The van der Waals surface area contributed by atoms with E-state index in [0.29, 0.717) is 12.1 Å². The fourth-order valence-corrected chi connectivity index (χ4v) is 2.77. The zero-order valence-corrected chi connectivity index (χ0v) is 9.54. The Morgan fingerprint density at radius 1 is 0.933 bits per heavy atom. The number of hydrogen-bond acceptors (Lipinski definition) is 3. The van der Waals surface area contributed by atoms with Gasteiger partial charge in [-0.1, -0.05) is 19.3 Å². The van der Waals surface area contributed by atoms with Crippen LogP contribution in [0.2, 0.25) is 0 Å². The molecule has 0 amide bonds. The quantitative estimate of drug-likeness (QED) is 0.599. The molecule has 2 atom stereocenters. The van der Waals surface area contributed by atoms with E-state index in [1.807, 2.05) is 0 Å². The van der Waals surface area contributed by atoms with Crippen LogP contribution in [0.25, 0.3) is 0 Å². The van der Waals surface area contributed by atoms with Crippen LogP contribution in [0.15, 0.2) is 0 Å². The van der Waals surface area contributed by atoms with Gasteiger partial charge in [-0.25, -0.2) is 0 Å². The van der Waals surface area contributed by atoms with E-state index >= 15 is 0 Å². The Kier molecular flexibility index (Phi) is 4.42. The predicted molar refractivity (Wildman–Crippen MR) is 61.9 cm³/mol. The molecule has 15 heavy (non-hydrogen) atoms. The van der Waals surface area contributed by atoms with Crippen LogP contribution >= 0.6 is 0 Å². The lowest BCUT2D eigenvalue weighted by Crippen LogP contribution is -2.48. The molecule has 0 aromatic rings. The molecule has 0 bridgehead atoms. The van der Waals surface area contributed by atoms with Crippen LogP contribution in [0.1, 0.15) is 44.9 Å². The van der Waals surface area contributed by atoms with Crippen molar-refractivity contribution >= 4 is 0 Å². The van der Waals surface area contributed by atoms with Crippen molar-refractivity contribution in [3.63, 3.8) is 0 Å². The third-order valence-electron chi connectivity index (χ3n) is 3.77. The van der Waals surface area contributed by atoms with Crippen LogP contribution in [0.4, 0.5) is 0 Å². The Hall–Kier alpha value is -0.120. The standard InChI is InChI=1S/C12H24N2O/c15-12-5-3-1-2-4-11(12)14-10-6-8-13-9-7-10/h10-15H,1-9H2. The third-order valence-corrected chi connectivity index (χ3v) is 3.77. The lowest BCUT2D eigenvalue weighted by atomic mass is 10.0. The smallest absolute Gasteiger partial charge is 0.0693 e. The molecule has 1 aliphatic heterocycles. The second kappa shape index (κ2) is 5.83. The summed E-state index contributed by atoms with van der Waals surface area (Å²) in [5.41, 5.74) is 0. The van der Waals surface area contributed by atoms with Crippen molar-refractivity contribution in [1.29, 1.82) is 0 Å². The maximum Gasteiger partial charge on any atom is 0.0693 e. The van der Waals surface area contributed by atoms with Crippen LogP contribution in [0, 0.1) is 0 Å². The minimum Gasteiger partial charge on any atom is -0.392 e. The average molecular weight is 212 g/mol. The van der Waals surface area contributed by atoms with E-state index in [9.17, 15) is 5.11 Å². The summed E-state index contributed by atoms with van der Waals surface area (Å²) in [7, 11) is 0. The fourth-order valence-electron chi connectivity index (χ4n) is 2.77. The summed E-state index contributed by atoms with van der Waals surface area (Å²) in [6.45, 7) is 2.25. The van der Waals surface area contributed by atoms with Gasteiger partial charge in [0.25, 0.3) is 0 Å². The van der Waals surface area contributed by atoms with Gasteiger partial charge < -0.3 is 15.7 Å². The van der Waals surface area contributed by atoms with Crippen molar-refractivity contribution in [2.24, 2.45) is 0 Å². The van der Waals surface area contributed by atoms with Gasteiger partial charge in [-0.2, -0.15) is 0 Å². The van der Waals surface area contributed by atoms with Gasteiger partial charge in [-0.05, 0) is 38.8 Å². The molecule has 0 radical (unpaired) electrons. The number of hydrogen-bond donors (Lipinski definition) is 3. The largest absolute Gasteiger partial charge is 0.392 e. The van der Waals surface area contributed by atoms with E-state index in [2.05, 4.69) is 10.6 Å². The number of nitrogens with one attached hydrogen (secondary N) is 2. The van der Waals surface area contributed by atoms with E-state index in [4.69, 9.17) is 0 Å². The van der Waals surface area contributed by atoms with Crippen LogP contribution in [0.5, 0.6) is 0 Å². The predicted octanol–water partition coefficient (Wildman–Crippen LogP) is 1.02. The number of aliphatic hydroxyl groups excluding tert-OH is 1. The normalized spacial score (nSPS) is 35.0. The summed E-state index contributed by atoms with van der Waals surface area (Å²) >= 11 is 0. The van der Waals surface area contributed by atoms with Gasteiger partial charge in [0, 0.05) is 12.1 Å². The van der Waals surface area contributed by atoms with Crippen molar-refractivity contribution < 1.29 is 5.11 Å². The number of aliphatic hydroxyl groups is 1. The number of piperidine rings is 1. The molecule has 2 rings (SSSR count). The van der Waals surface area contributed by atoms with E-state index in [0.717, 1.165) is 25.9 Å². The van der Waals surface area contributed by atoms with Crippen LogP contribution in [0.3, 0.4) is 0 Å². The van der Waals surface area contributed by atoms with Crippen molar-refractivity contribution in [2.45, 2.75) is 63.1 Å². The van der Waals surface area contributed by atoms with Crippen LogP contribution in [-0.4, -0.2) is 36.4 Å². The number of rotatable bonds is 2. The minimum absolute atomic E-state index is 0.109. The Morgan fingerprint density at radius 2 is 1.67 bits per heavy atom. The first-order chi connectivity index (χ1) is 7.36. The summed E-state index contributed by atoms with van der Waals surface area (Å²) < 4.78 is 0. The molecule has 1 saturated heterocycles. The highest BCUT2D eigenvalue weighted by molar-refractivity contribution is 4.84. The van der Waals surface area contributed by atoms with Crippen molar-refractivity contribution in [3.05, 3.63) is 0 Å². The lowest BCUT2D eigenvalue weighted by Gasteiger charge is -2.30. The summed E-state index contributed by atoms with van der Waals surface area (Å²) in [5.74, 6) is 0. The molecule has 0 spiro atoms. The topological polar surface area (TPSA) is 44.3 Å². The molecular weight excluding hydrogens is 188 g/mol. The van der Waals surface area contributed by atoms with Gasteiger partial charge in [-0.3, -0.25) is 0 Å². The first kappa shape index (κ1) is 11.4. The Morgan fingerprint density at radius 3 is 2.47 bits per heavy atom. The van der Waals surface area contributed by atoms with Gasteiger partial charge in [0.2, 0.25) is 0 Å². The average Bonchev–Trinajstić information content (AvgIpc) is 2.46. The van der Waals surface area contributed by atoms with Gasteiger partial charge in [0.05, 0.1) is 6.10 Å². The fraction of sp³-hybridized carbons (Fsp3) is 1.00. The van der Waals surface area contributed by atoms with Crippen LogP contribution in [-0.2, 0) is 0 Å². The first-order valence-electron chi connectivity index (χ1n) is 6.51. The monoisotopic (exact) mass is 212 g/mol. The van der Waals surface area contributed by atoms with Crippen LogP contribution < -0.4 is 10.6 Å². The maximum absolute atomic E-state index is 10.0. The zero-order chi connectivity index (χ0) is 10.5. The highest BCUT2D eigenvalue weighted by atomic mass is 16.3. The van der Waals surface area contributed by atoms with Gasteiger partial charge in [0.15, 0.2) is 0 Å². The molecule has 2 fully saturated rings. The Labute approximate surface area is 92.6 Å². The molecule has 88 valence electrons. The van der Waals surface area contributed by atoms with Gasteiger partial charge in [-0.15, -0.1) is 0 Å². The molecule has 0 aromatic carbocycles. The molecule has 3 N–H and O–H groups in total. The Bertz CT molecular complexity index is 180. The maximum atomic E-state index is 10.0. The van der Waals surface area contributed by atoms with Gasteiger partial charge >= 0.3 is 0 Å². The summed E-state index contributed by atoms with van der Waals surface area (Å²) in [6, 6.07) is 0.986. The molecule has 2 unspecified atom stereocenters. The molecule has 3 heteroatoms. The first-order valence-corrected chi connectivity index (χ1v) is 6.51. The molecule has 0 aromatic heterocycles. The van der Waals surface area contributed by atoms with Gasteiger partial charge in [0.1, 0.15) is 0 Å². The Balaban J connectivity index is 1.79. The zero-order valence-electron chi connectivity index (χ0n) is 9.54. The SMILES string of the molecule is OC1CCCCCC1NC1CCNCC1. The summed E-state index contributed by atoms with van der Waals surface area (Å²) in [6.07, 6.45) is 8.23. The molecule has 1 heterocycles. The highest BCUT2D eigenvalue weighted by Crippen LogP contribution is 2.19. The van der Waals surface area contributed by atoms with E-state index in [1.165, 1.54) is 32.1 Å². The summed E-state index contributed by atoms with van der Waals surface area (Å²) in [5, 5.41) is 17.0. The van der Waals surface area contributed by atoms with Crippen molar-refractivity contribution in [1.82, 2.24) is 10.6 Å². The van der Waals surface area contributed by atoms with E-state index < -0.39 is 0 Å². The van der Waals surface area contributed by atoms with E-state index in [-0.39, 0.29) is 6.10 Å². The van der Waals surface area contributed by atoms with Crippen molar-refractivity contribution in [2.75, 3.05) is 13.1 Å². The van der Waals surface area contributed by atoms with Crippen molar-refractivity contribution in [3.8, 4) is 0 Å². The molecule has 1 saturated carbocycles. The second-order valence-corrected chi connectivity index (χ2v) is 5.00. The molecule has 3 nitrogen and oxygen atoms in total. The molecule has 1 aliphatic carbocycles. The third kappa shape index (κ3) is 3.44. The lowest BCUT2D eigenvalue weighted by molar-refractivity contribution is 0.110. The van der Waals surface area contributed by atoms with E-state index in [1.54, 1.807) is 0 Å². The molecule has 2 aliphatic rings.